The lowest BCUT2D eigenvalue weighted by Crippen LogP contribution is -2.51. The number of likely N-dealkylation sites (tertiary alicyclic amines) is 1. The van der Waals surface area contributed by atoms with Crippen LogP contribution in [0.4, 0.5) is 0 Å². The first-order valence-corrected chi connectivity index (χ1v) is 9.40. The predicted molar refractivity (Wildman–Crippen MR) is 122 cm³/mol. The van der Waals surface area contributed by atoms with Gasteiger partial charge in [-0.2, -0.15) is 0 Å². The van der Waals surface area contributed by atoms with E-state index in [2.05, 4.69) is 64.7 Å². The highest BCUT2D eigenvalue weighted by Gasteiger charge is 2.22. The summed E-state index contributed by atoms with van der Waals surface area (Å²) in [5, 5.41) is 6.98. The molecule has 152 valence electrons. The van der Waals surface area contributed by atoms with E-state index >= 15 is 0 Å². The third kappa shape index (κ3) is 8.92. The van der Waals surface area contributed by atoms with Crippen LogP contribution in [0.5, 0.6) is 0 Å². The van der Waals surface area contributed by atoms with Crippen LogP contribution in [-0.4, -0.2) is 56.0 Å². The van der Waals surface area contributed by atoms with Crippen LogP contribution in [0.2, 0.25) is 0 Å². The first-order valence-electron chi connectivity index (χ1n) is 9.40. The number of rotatable bonds is 7. The van der Waals surface area contributed by atoms with Crippen LogP contribution in [0.25, 0.3) is 0 Å². The monoisotopic (exact) mass is 487 g/mol. The fraction of sp³-hybridized carbons (Fsp3) is 0.600. The van der Waals surface area contributed by atoms with Crippen molar-refractivity contribution in [1.29, 1.82) is 0 Å². The maximum Gasteiger partial charge on any atom is 0.231 e. The molecule has 1 aliphatic heterocycles. The molecule has 1 heterocycles. The Kier molecular flexibility index (Phi) is 10.1. The fourth-order valence-corrected chi connectivity index (χ4v) is 3.38. The molecule has 0 aromatic heterocycles. The number of primary amides is 1. The van der Waals surface area contributed by atoms with Crippen LogP contribution in [0.3, 0.4) is 0 Å². The molecule has 1 aromatic carbocycles. The van der Waals surface area contributed by atoms with Gasteiger partial charge in [0, 0.05) is 32.7 Å². The van der Waals surface area contributed by atoms with Crippen molar-refractivity contribution in [1.82, 2.24) is 15.5 Å². The third-order valence-electron chi connectivity index (χ3n) is 4.79. The van der Waals surface area contributed by atoms with E-state index in [0.29, 0.717) is 12.6 Å². The highest BCUT2D eigenvalue weighted by atomic mass is 127. The van der Waals surface area contributed by atoms with Gasteiger partial charge >= 0.3 is 0 Å². The normalized spacial score (nSPS) is 16.5. The molecule has 0 unspecified atom stereocenters. The van der Waals surface area contributed by atoms with E-state index in [-0.39, 0.29) is 35.3 Å². The van der Waals surface area contributed by atoms with E-state index in [1.165, 1.54) is 5.56 Å². The number of amides is 1. The van der Waals surface area contributed by atoms with Crippen molar-refractivity contribution in [2.45, 2.75) is 39.2 Å². The third-order valence-corrected chi connectivity index (χ3v) is 4.79. The van der Waals surface area contributed by atoms with Gasteiger partial charge in [-0.05, 0) is 30.2 Å². The van der Waals surface area contributed by atoms with Gasteiger partial charge in [0.05, 0.1) is 6.54 Å². The Labute approximate surface area is 180 Å². The van der Waals surface area contributed by atoms with Gasteiger partial charge in [-0.3, -0.25) is 14.7 Å². The van der Waals surface area contributed by atoms with Crippen LogP contribution in [0.15, 0.2) is 35.3 Å². The lowest BCUT2D eigenvalue weighted by molar-refractivity contribution is -0.119. The molecule has 0 bridgehead atoms. The largest absolute Gasteiger partial charge is 0.369 e. The van der Waals surface area contributed by atoms with E-state index in [0.717, 1.165) is 44.9 Å². The number of nitrogens with two attached hydrogens (primary N) is 1. The Morgan fingerprint density at radius 1 is 1.26 bits per heavy atom. The standard InChI is InChI=1S/C20H33N5O.HI/c1-20(2,13-16-7-5-4-6-8-16)15-23-19(22-3)24-17-9-11-25(12-10-17)14-18(21)26;/h4-8,17H,9-15H2,1-3H3,(H2,21,26)(H2,22,23,24);1H. The molecular formula is C20H34IN5O. The summed E-state index contributed by atoms with van der Waals surface area (Å²) in [4.78, 5) is 17.5. The second kappa shape index (κ2) is 11.5. The first-order chi connectivity index (χ1) is 12.4. The van der Waals surface area contributed by atoms with Crippen LogP contribution in [0, 0.1) is 5.41 Å². The number of guanidine groups is 1. The number of carbonyl (C=O) groups is 1. The average molecular weight is 487 g/mol. The van der Waals surface area contributed by atoms with Crippen LogP contribution in [0.1, 0.15) is 32.3 Å². The Morgan fingerprint density at radius 3 is 2.44 bits per heavy atom. The van der Waals surface area contributed by atoms with Gasteiger partial charge in [-0.25, -0.2) is 0 Å². The first kappa shape index (κ1) is 23.7. The zero-order valence-corrected chi connectivity index (χ0v) is 19.0. The molecule has 7 heteroatoms. The second-order valence-electron chi connectivity index (χ2n) is 7.91. The molecule has 0 radical (unpaired) electrons. The molecule has 2 rings (SSSR count). The zero-order chi connectivity index (χ0) is 19.0. The Balaban J connectivity index is 0.00000364. The van der Waals surface area contributed by atoms with Crippen molar-refractivity contribution in [3.63, 3.8) is 0 Å². The Hall–Kier alpha value is -1.35. The van der Waals surface area contributed by atoms with Gasteiger partial charge in [0.2, 0.25) is 5.91 Å². The minimum atomic E-state index is -0.255. The number of aliphatic imine (C=N–C) groups is 1. The molecule has 0 atom stereocenters. The summed E-state index contributed by atoms with van der Waals surface area (Å²) >= 11 is 0. The molecule has 4 N–H and O–H groups in total. The van der Waals surface area contributed by atoms with Crippen LogP contribution >= 0.6 is 24.0 Å². The van der Waals surface area contributed by atoms with Gasteiger partial charge in [0.1, 0.15) is 0 Å². The van der Waals surface area contributed by atoms with Crippen molar-refractivity contribution < 1.29 is 4.79 Å². The number of nitrogens with one attached hydrogen (secondary N) is 2. The minimum Gasteiger partial charge on any atom is -0.369 e. The molecule has 1 aromatic rings. The van der Waals surface area contributed by atoms with Gasteiger partial charge < -0.3 is 16.4 Å². The minimum absolute atomic E-state index is 0. The SMILES string of the molecule is CN=C(NCC(C)(C)Cc1ccccc1)NC1CCN(CC(N)=O)CC1.I. The van der Waals surface area contributed by atoms with Crippen LogP contribution in [-0.2, 0) is 11.2 Å². The Morgan fingerprint density at radius 2 is 1.89 bits per heavy atom. The maximum absolute atomic E-state index is 11.0. The van der Waals surface area contributed by atoms with Gasteiger partial charge in [0.25, 0.3) is 0 Å². The molecule has 1 fully saturated rings. The average Bonchev–Trinajstić information content (AvgIpc) is 2.60. The van der Waals surface area contributed by atoms with Gasteiger partial charge in [-0.1, -0.05) is 44.2 Å². The van der Waals surface area contributed by atoms with Crippen molar-refractivity contribution >= 4 is 35.8 Å². The Bertz CT molecular complexity index is 598. The second-order valence-corrected chi connectivity index (χ2v) is 7.91. The number of hydrogen-bond acceptors (Lipinski definition) is 3. The molecule has 0 spiro atoms. The summed E-state index contributed by atoms with van der Waals surface area (Å²) in [6.45, 7) is 7.51. The van der Waals surface area contributed by atoms with E-state index < -0.39 is 0 Å². The maximum atomic E-state index is 11.0. The number of hydrogen-bond donors (Lipinski definition) is 3. The number of carbonyl (C=O) groups excluding carboxylic acids is 1. The molecular weight excluding hydrogens is 453 g/mol. The summed E-state index contributed by atoms with van der Waals surface area (Å²) < 4.78 is 0. The number of nitrogens with zero attached hydrogens (tertiary/aromatic N) is 2. The summed E-state index contributed by atoms with van der Waals surface area (Å²) in [5.41, 5.74) is 6.75. The number of benzene rings is 1. The molecule has 1 saturated heterocycles. The lowest BCUT2D eigenvalue weighted by atomic mass is 9.86. The quantitative estimate of drug-likeness (QED) is 0.312. The number of piperidine rings is 1. The van der Waals surface area contributed by atoms with Crippen LogP contribution < -0.4 is 16.4 Å². The molecule has 27 heavy (non-hydrogen) atoms. The highest BCUT2D eigenvalue weighted by Crippen LogP contribution is 2.20. The summed E-state index contributed by atoms with van der Waals surface area (Å²) in [6.07, 6.45) is 2.99. The number of halogens is 1. The van der Waals surface area contributed by atoms with E-state index in [9.17, 15) is 4.79 Å². The van der Waals surface area contributed by atoms with Gasteiger partial charge in [-0.15, -0.1) is 24.0 Å². The summed E-state index contributed by atoms with van der Waals surface area (Å²) in [7, 11) is 1.81. The zero-order valence-electron chi connectivity index (χ0n) is 16.7. The highest BCUT2D eigenvalue weighted by molar-refractivity contribution is 14.0. The molecule has 0 aliphatic carbocycles. The molecule has 1 aliphatic rings. The topological polar surface area (TPSA) is 82.8 Å². The van der Waals surface area contributed by atoms with E-state index in [4.69, 9.17) is 5.73 Å². The predicted octanol–water partition coefficient (Wildman–Crippen LogP) is 1.99. The molecule has 0 saturated carbocycles. The van der Waals surface area contributed by atoms with Crippen molar-refractivity contribution in [3.05, 3.63) is 35.9 Å². The molecule has 6 nitrogen and oxygen atoms in total. The molecule has 1 amide bonds. The van der Waals surface area contributed by atoms with Gasteiger partial charge in [0.15, 0.2) is 5.96 Å². The van der Waals surface area contributed by atoms with Crippen molar-refractivity contribution in [2.75, 3.05) is 33.2 Å². The van der Waals surface area contributed by atoms with Crippen molar-refractivity contribution in [2.24, 2.45) is 16.1 Å². The smallest absolute Gasteiger partial charge is 0.231 e. The fourth-order valence-electron chi connectivity index (χ4n) is 3.38. The summed E-state index contributed by atoms with van der Waals surface area (Å²) in [6, 6.07) is 11.0. The summed E-state index contributed by atoms with van der Waals surface area (Å²) in [5.74, 6) is 0.592. The van der Waals surface area contributed by atoms with Crippen molar-refractivity contribution in [3.8, 4) is 0 Å². The van der Waals surface area contributed by atoms with E-state index in [1.807, 2.05) is 7.05 Å². The van der Waals surface area contributed by atoms with E-state index in [1.54, 1.807) is 0 Å². The lowest BCUT2D eigenvalue weighted by Gasteiger charge is -2.33.